The Labute approximate surface area is 198 Å². The quantitative estimate of drug-likeness (QED) is 0.451. The molecule has 2 aromatic carbocycles. The van der Waals surface area contributed by atoms with Gasteiger partial charge in [-0.05, 0) is 49.4 Å². The van der Waals surface area contributed by atoms with Crippen molar-refractivity contribution in [2.24, 2.45) is 5.92 Å². The molecule has 0 saturated carbocycles. The Balaban J connectivity index is 1.39. The highest BCUT2D eigenvalue weighted by molar-refractivity contribution is 6.30. The van der Waals surface area contributed by atoms with Crippen molar-refractivity contribution >= 4 is 34.9 Å². The minimum absolute atomic E-state index is 0.0566. The molecule has 176 valence electrons. The van der Waals surface area contributed by atoms with E-state index in [0.29, 0.717) is 17.3 Å². The number of halogens is 3. The number of nitrogens with zero attached hydrogens (tertiary/aromatic N) is 3. The zero-order valence-electron chi connectivity index (χ0n) is 17.8. The van der Waals surface area contributed by atoms with Crippen molar-refractivity contribution in [3.8, 4) is 0 Å². The average molecular weight is 488 g/mol. The van der Waals surface area contributed by atoms with Gasteiger partial charge in [0.1, 0.15) is 12.0 Å². The highest BCUT2D eigenvalue weighted by Crippen LogP contribution is 2.28. The Hall–Kier alpha value is -3.54. The van der Waals surface area contributed by atoms with E-state index in [0.717, 1.165) is 17.8 Å². The Bertz CT molecular complexity index is 1270. The van der Waals surface area contributed by atoms with Crippen LogP contribution < -0.4 is 26.4 Å². The number of nitrogens with one attached hydrogen (secondary N) is 4. The highest BCUT2D eigenvalue weighted by atomic mass is 35.5. The van der Waals surface area contributed by atoms with Crippen LogP contribution in [0.25, 0.3) is 0 Å². The number of carbonyl (C=O) groups is 2. The van der Waals surface area contributed by atoms with Gasteiger partial charge in [-0.15, -0.1) is 0 Å². The van der Waals surface area contributed by atoms with Gasteiger partial charge in [-0.3, -0.25) is 19.9 Å². The van der Waals surface area contributed by atoms with Crippen LogP contribution in [0.3, 0.4) is 0 Å². The van der Waals surface area contributed by atoms with E-state index in [1.807, 2.05) is 17.1 Å². The summed E-state index contributed by atoms with van der Waals surface area (Å²) < 4.78 is 28.2. The minimum Gasteiger partial charge on any atom is -0.321 e. The minimum atomic E-state index is -1.12. The zero-order valence-corrected chi connectivity index (χ0v) is 18.6. The summed E-state index contributed by atoms with van der Waals surface area (Å²) in [5.41, 5.74) is 4.57. The standard InChI is InChI=1S/C22H20ClF2N7O2/c1-11-8-18(27-20(33)12-2-7-16(24)17(25)9-12)32(30-11)22-28-19-15(21(34)29-22)10-26-31(19)14-5-3-13(23)4-6-14/h2-9,15,19,22,26,28H,10H2,1H3,(H,27,33)(H,29,34). The fraction of sp³-hybridized carbons (Fsp3) is 0.227. The lowest BCUT2D eigenvalue weighted by atomic mass is 10.0. The SMILES string of the molecule is Cc1cc(NC(=O)c2ccc(F)c(F)c2)n(C2NC(=O)C3CNN(c4ccc(Cl)cc4)C3N2)n1. The van der Waals surface area contributed by atoms with Gasteiger partial charge in [0.05, 0.1) is 17.3 Å². The number of hydrogen-bond donors (Lipinski definition) is 4. The molecular formula is C22H20ClF2N7O2. The van der Waals surface area contributed by atoms with Crippen molar-refractivity contribution < 1.29 is 18.4 Å². The summed E-state index contributed by atoms with van der Waals surface area (Å²) in [4.78, 5) is 25.5. The molecule has 34 heavy (non-hydrogen) atoms. The van der Waals surface area contributed by atoms with Gasteiger partial charge in [0.2, 0.25) is 5.91 Å². The summed E-state index contributed by atoms with van der Waals surface area (Å²) in [5, 5.41) is 15.7. The first-order valence-corrected chi connectivity index (χ1v) is 10.9. The van der Waals surface area contributed by atoms with E-state index < -0.39 is 30.0 Å². The topological polar surface area (TPSA) is 103 Å². The summed E-state index contributed by atoms with van der Waals surface area (Å²) >= 11 is 6.00. The highest BCUT2D eigenvalue weighted by Gasteiger charge is 2.45. The van der Waals surface area contributed by atoms with Crippen LogP contribution in [-0.2, 0) is 4.79 Å². The van der Waals surface area contributed by atoms with Crippen LogP contribution in [0, 0.1) is 24.5 Å². The summed E-state index contributed by atoms with van der Waals surface area (Å²) in [6.07, 6.45) is -1.18. The van der Waals surface area contributed by atoms with Crippen LogP contribution in [0.4, 0.5) is 20.3 Å². The predicted molar refractivity (Wildman–Crippen MR) is 121 cm³/mol. The summed E-state index contributed by atoms with van der Waals surface area (Å²) in [7, 11) is 0. The first-order chi connectivity index (χ1) is 16.3. The molecule has 1 aromatic heterocycles. The van der Waals surface area contributed by atoms with E-state index in [9.17, 15) is 18.4 Å². The molecule has 5 rings (SSSR count). The molecule has 3 aromatic rings. The van der Waals surface area contributed by atoms with Gasteiger partial charge in [0.25, 0.3) is 5.91 Å². The van der Waals surface area contributed by atoms with Gasteiger partial charge in [-0.1, -0.05) is 11.6 Å². The van der Waals surface area contributed by atoms with Crippen molar-refractivity contribution in [1.82, 2.24) is 25.8 Å². The maximum Gasteiger partial charge on any atom is 0.256 e. The van der Waals surface area contributed by atoms with E-state index in [-0.39, 0.29) is 23.2 Å². The molecule has 2 aliphatic rings. The number of rotatable bonds is 4. The molecule has 0 bridgehead atoms. The van der Waals surface area contributed by atoms with Gasteiger partial charge in [-0.2, -0.15) is 5.10 Å². The number of amides is 2. The molecule has 3 unspecified atom stereocenters. The van der Waals surface area contributed by atoms with Crippen LogP contribution in [0.2, 0.25) is 5.02 Å². The van der Waals surface area contributed by atoms with Crippen LogP contribution in [0.15, 0.2) is 48.5 Å². The molecule has 4 N–H and O–H groups in total. The molecule has 2 aliphatic heterocycles. The zero-order chi connectivity index (χ0) is 24.0. The van der Waals surface area contributed by atoms with Gasteiger partial charge < -0.3 is 10.6 Å². The summed E-state index contributed by atoms with van der Waals surface area (Å²) in [6.45, 7) is 2.16. The molecule has 0 aliphatic carbocycles. The normalized spacial score (nSPS) is 21.8. The molecule has 3 heterocycles. The van der Waals surface area contributed by atoms with E-state index in [4.69, 9.17) is 11.6 Å². The van der Waals surface area contributed by atoms with E-state index in [2.05, 4.69) is 26.5 Å². The monoisotopic (exact) mass is 487 g/mol. The van der Waals surface area contributed by atoms with Crippen LogP contribution >= 0.6 is 11.6 Å². The van der Waals surface area contributed by atoms with Crippen molar-refractivity contribution in [3.05, 3.63) is 76.4 Å². The fourth-order valence-corrected chi connectivity index (χ4v) is 4.20. The van der Waals surface area contributed by atoms with E-state index >= 15 is 0 Å². The van der Waals surface area contributed by atoms with Gasteiger partial charge >= 0.3 is 0 Å². The molecule has 2 amide bonds. The number of hydrazine groups is 1. The second kappa shape index (κ2) is 8.67. The molecule has 0 spiro atoms. The summed E-state index contributed by atoms with van der Waals surface area (Å²) in [5.74, 6) is -3.11. The molecule has 2 fully saturated rings. The van der Waals surface area contributed by atoms with Crippen LogP contribution in [-0.4, -0.2) is 34.3 Å². The lowest BCUT2D eigenvalue weighted by molar-refractivity contribution is -0.129. The molecular weight excluding hydrogens is 468 g/mol. The lowest BCUT2D eigenvalue weighted by Crippen LogP contribution is -2.61. The van der Waals surface area contributed by atoms with Crippen molar-refractivity contribution in [1.29, 1.82) is 0 Å². The Morgan fingerprint density at radius 3 is 2.65 bits per heavy atom. The number of hydrogen-bond acceptors (Lipinski definition) is 6. The fourth-order valence-electron chi connectivity index (χ4n) is 4.08. The Morgan fingerprint density at radius 1 is 1.15 bits per heavy atom. The van der Waals surface area contributed by atoms with Crippen molar-refractivity contribution in [2.45, 2.75) is 19.4 Å². The van der Waals surface area contributed by atoms with Crippen molar-refractivity contribution in [3.63, 3.8) is 0 Å². The molecule has 2 saturated heterocycles. The van der Waals surface area contributed by atoms with E-state index in [1.54, 1.807) is 25.1 Å². The third-order valence-corrected chi connectivity index (χ3v) is 5.97. The van der Waals surface area contributed by atoms with Crippen LogP contribution in [0.1, 0.15) is 22.3 Å². The number of carbonyl (C=O) groups excluding carboxylic acids is 2. The maximum atomic E-state index is 13.6. The second-order valence-electron chi connectivity index (χ2n) is 8.04. The molecule has 0 radical (unpaired) electrons. The van der Waals surface area contributed by atoms with Gasteiger partial charge in [0.15, 0.2) is 17.9 Å². The van der Waals surface area contributed by atoms with E-state index in [1.165, 1.54) is 10.7 Å². The Kier molecular flexibility index (Phi) is 5.68. The average Bonchev–Trinajstić information content (AvgIpc) is 3.39. The second-order valence-corrected chi connectivity index (χ2v) is 8.47. The number of fused-ring (bicyclic) bond motifs is 1. The predicted octanol–water partition coefficient (Wildman–Crippen LogP) is 2.52. The lowest BCUT2D eigenvalue weighted by Gasteiger charge is -2.37. The first-order valence-electron chi connectivity index (χ1n) is 10.5. The molecule has 3 atom stereocenters. The van der Waals surface area contributed by atoms with Crippen LogP contribution in [0.5, 0.6) is 0 Å². The smallest absolute Gasteiger partial charge is 0.256 e. The number of benzene rings is 2. The number of aryl methyl sites for hydroxylation is 1. The maximum absolute atomic E-state index is 13.6. The van der Waals surface area contributed by atoms with Gasteiger partial charge in [-0.25, -0.2) is 18.9 Å². The molecule has 9 nitrogen and oxygen atoms in total. The third-order valence-electron chi connectivity index (χ3n) is 5.72. The Morgan fingerprint density at radius 2 is 1.91 bits per heavy atom. The largest absolute Gasteiger partial charge is 0.321 e. The number of anilines is 2. The number of aromatic nitrogens is 2. The third kappa shape index (κ3) is 4.09. The summed E-state index contributed by atoms with van der Waals surface area (Å²) in [6, 6.07) is 11.7. The van der Waals surface area contributed by atoms with Crippen molar-refractivity contribution in [2.75, 3.05) is 16.9 Å². The van der Waals surface area contributed by atoms with Gasteiger partial charge in [0, 0.05) is 23.2 Å². The molecule has 12 heteroatoms. The first kappa shape index (κ1) is 22.3.